The van der Waals surface area contributed by atoms with Crippen LogP contribution in [0.25, 0.3) is 0 Å². The minimum atomic E-state index is -0.330. The second-order valence-electron chi connectivity index (χ2n) is 4.56. The summed E-state index contributed by atoms with van der Waals surface area (Å²) < 4.78 is 18.5. The molecule has 0 aliphatic carbocycles. The Morgan fingerprint density at radius 2 is 2.05 bits per heavy atom. The number of halogens is 2. The molecule has 20 heavy (non-hydrogen) atoms. The predicted octanol–water partition coefficient (Wildman–Crippen LogP) is 3.83. The molecule has 0 radical (unpaired) electrons. The van der Waals surface area contributed by atoms with Gasteiger partial charge in [-0.2, -0.15) is 0 Å². The lowest BCUT2D eigenvalue weighted by Gasteiger charge is -2.19. The first-order valence-electron chi connectivity index (χ1n) is 6.08. The molecule has 1 N–H and O–H groups in total. The van der Waals surface area contributed by atoms with E-state index in [1.165, 1.54) is 12.1 Å². The maximum absolute atomic E-state index is 13.3. The van der Waals surface area contributed by atoms with Gasteiger partial charge in [-0.25, -0.2) is 4.39 Å². The van der Waals surface area contributed by atoms with Gasteiger partial charge in [0.05, 0.1) is 18.7 Å². The van der Waals surface area contributed by atoms with Gasteiger partial charge in [-0.05, 0) is 29.8 Å². The number of anilines is 1. The van der Waals surface area contributed by atoms with E-state index in [2.05, 4.69) is 0 Å². The topological polar surface area (TPSA) is 36.3 Å². The zero-order valence-corrected chi connectivity index (χ0v) is 11.5. The van der Waals surface area contributed by atoms with Gasteiger partial charge < -0.3 is 9.64 Å². The molecular weight excluding hydrogens is 279 g/mol. The van der Waals surface area contributed by atoms with Gasteiger partial charge in [-0.1, -0.05) is 17.7 Å². The lowest BCUT2D eigenvalue weighted by molar-refractivity contribution is 0.415. The molecule has 0 aromatic heterocycles. The summed E-state index contributed by atoms with van der Waals surface area (Å²) in [6.07, 6.45) is 0. The molecule has 0 unspecified atom stereocenters. The number of hydrogen-bond donors (Lipinski definition) is 1. The van der Waals surface area contributed by atoms with E-state index in [9.17, 15) is 4.39 Å². The fourth-order valence-corrected chi connectivity index (χ4v) is 2.53. The van der Waals surface area contributed by atoms with E-state index in [0.29, 0.717) is 22.9 Å². The van der Waals surface area contributed by atoms with Crippen LogP contribution in [0.15, 0.2) is 36.4 Å². The zero-order valence-electron chi connectivity index (χ0n) is 10.8. The van der Waals surface area contributed by atoms with E-state index in [-0.39, 0.29) is 11.7 Å². The average molecular weight is 291 g/mol. The third-order valence-electron chi connectivity index (χ3n) is 3.37. The molecule has 5 heteroatoms. The molecule has 0 spiro atoms. The fourth-order valence-electron chi connectivity index (χ4n) is 2.34. The van der Waals surface area contributed by atoms with Crippen molar-refractivity contribution >= 4 is 23.1 Å². The van der Waals surface area contributed by atoms with Gasteiger partial charge >= 0.3 is 0 Å². The Labute approximate surface area is 121 Å². The maximum Gasteiger partial charge on any atom is 0.139 e. The summed E-state index contributed by atoms with van der Waals surface area (Å²) in [6.45, 7) is 0.541. The van der Waals surface area contributed by atoms with Crippen LogP contribution in [-0.2, 0) is 6.54 Å². The van der Waals surface area contributed by atoms with E-state index in [4.69, 9.17) is 21.7 Å². The number of benzene rings is 2. The van der Waals surface area contributed by atoms with Crippen molar-refractivity contribution in [2.45, 2.75) is 6.54 Å². The third kappa shape index (κ3) is 2.02. The monoisotopic (exact) mass is 290 g/mol. The van der Waals surface area contributed by atoms with Gasteiger partial charge in [0.1, 0.15) is 17.4 Å². The van der Waals surface area contributed by atoms with Crippen LogP contribution in [0.5, 0.6) is 5.75 Å². The molecule has 1 aliphatic heterocycles. The van der Waals surface area contributed by atoms with Gasteiger partial charge in [0.25, 0.3) is 0 Å². The van der Waals surface area contributed by atoms with Gasteiger partial charge in [0, 0.05) is 17.3 Å². The molecule has 0 bridgehead atoms. The minimum Gasteiger partial charge on any atom is -0.495 e. The summed E-state index contributed by atoms with van der Waals surface area (Å²) in [5.74, 6) is 0.506. The first-order valence-corrected chi connectivity index (χ1v) is 6.46. The smallest absolute Gasteiger partial charge is 0.139 e. The van der Waals surface area contributed by atoms with Crippen LogP contribution < -0.4 is 9.64 Å². The van der Waals surface area contributed by atoms with Crippen LogP contribution in [0.3, 0.4) is 0 Å². The van der Waals surface area contributed by atoms with Crippen molar-refractivity contribution in [3.05, 3.63) is 58.4 Å². The first-order chi connectivity index (χ1) is 9.60. The van der Waals surface area contributed by atoms with Crippen LogP contribution in [-0.4, -0.2) is 12.9 Å². The number of nitrogens with zero attached hydrogens (tertiary/aromatic N) is 1. The Hall–Kier alpha value is -2.07. The molecule has 3 rings (SSSR count). The minimum absolute atomic E-state index is 0.281. The molecule has 1 aliphatic rings. The van der Waals surface area contributed by atoms with E-state index in [1.807, 2.05) is 6.07 Å². The van der Waals surface area contributed by atoms with Crippen molar-refractivity contribution in [2.24, 2.45) is 0 Å². The molecule has 0 saturated heterocycles. The van der Waals surface area contributed by atoms with E-state index < -0.39 is 0 Å². The lowest BCUT2D eigenvalue weighted by Crippen LogP contribution is -2.23. The van der Waals surface area contributed by atoms with Crippen molar-refractivity contribution in [3.63, 3.8) is 0 Å². The number of amidine groups is 1. The number of methoxy groups -OCH3 is 1. The molecule has 1 heterocycles. The average Bonchev–Trinajstić information content (AvgIpc) is 2.77. The standard InChI is InChI=1S/C15H12ClFN2O/c1-20-14-7-11(4-5-13(14)16)19-8-9-2-3-10(17)6-12(9)15(19)18/h2-7,18H,8H2,1H3. The number of ether oxygens (including phenoxy) is 1. The highest BCUT2D eigenvalue weighted by molar-refractivity contribution is 6.32. The van der Waals surface area contributed by atoms with Crippen molar-refractivity contribution in [1.29, 1.82) is 5.41 Å². The predicted molar refractivity (Wildman–Crippen MR) is 77.4 cm³/mol. The highest BCUT2D eigenvalue weighted by atomic mass is 35.5. The van der Waals surface area contributed by atoms with E-state index >= 15 is 0 Å². The molecule has 2 aromatic rings. The first kappa shape index (κ1) is 12.9. The molecule has 102 valence electrons. The summed E-state index contributed by atoms with van der Waals surface area (Å²) in [5, 5.41) is 8.71. The highest BCUT2D eigenvalue weighted by Gasteiger charge is 2.26. The maximum atomic E-state index is 13.3. The van der Waals surface area contributed by atoms with Crippen LogP contribution in [0.4, 0.5) is 10.1 Å². The Morgan fingerprint density at radius 3 is 2.80 bits per heavy atom. The fraction of sp³-hybridized carbons (Fsp3) is 0.133. The molecule has 0 fully saturated rings. The van der Waals surface area contributed by atoms with Crippen LogP contribution in [0.2, 0.25) is 5.02 Å². The van der Waals surface area contributed by atoms with E-state index in [1.54, 1.807) is 30.2 Å². The van der Waals surface area contributed by atoms with Crippen molar-refractivity contribution in [3.8, 4) is 5.75 Å². The summed E-state index contributed by atoms with van der Waals surface area (Å²) in [7, 11) is 1.55. The van der Waals surface area contributed by atoms with Gasteiger partial charge in [0.2, 0.25) is 0 Å². The van der Waals surface area contributed by atoms with E-state index in [0.717, 1.165) is 11.3 Å². The van der Waals surface area contributed by atoms with Crippen LogP contribution >= 0.6 is 11.6 Å². The second-order valence-corrected chi connectivity index (χ2v) is 4.96. The summed E-state index contributed by atoms with van der Waals surface area (Å²) >= 11 is 6.00. The molecular formula is C15H12ClFN2O. The summed E-state index contributed by atoms with van der Waals surface area (Å²) in [4.78, 5) is 1.79. The van der Waals surface area contributed by atoms with Crippen molar-refractivity contribution in [1.82, 2.24) is 0 Å². The zero-order chi connectivity index (χ0) is 14.3. The molecule has 0 amide bonds. The van der Waals surface area contributed by atoms with Gasteiger partial charge in [-0.3, -0.25) is 5.41 Å². The molecule has 0 atom stereocenters. The molecule has 0 saturated carbocycles. The van der Waals surface area contributed by atoms with Crippen LogP contribution in [0, 0.1) is 11.2 Å². The number of hydrogen-bond acceptors (Lipinski definition) is 2. The van der Waals surface area contributed by atoms with Crippen LogP contribution in [0.1, 0.15) is 11.1 Å². The quantitative estimate of drug-likeness (QED) is 0.912. The van der Waals surface area contributed by atoms with Gasteiger partial charge in [0.15, 0.2) is 0 Å². The number of fused-ring (bicyclic) bond motifs is 1. The normalized spacial score (nSPS) is 13.6. The number of nitrogens with one attached hydrogen (secondary N) is 1. The number of rotatable bonds is 2. The Kier molecular flexibility index (Phi) is 3.10. The molecule has 3 nitrogen and oxygen atoms in total. The largest absolute Gasteiger partial charge is 0.495 e. The lowest BCUT2D eigenvalue weighted by atomic mass is 10.1. The Balaban J connectivity index is 2.00. The van der Waals surface area contributed by atoms with Crippen molar-refractivity contribution < 1.29 is 9.13 Å². The second kappa shape index (κ2) is 4.80. The highest BCUT2D eigenvalue weighted by Crippen LogP contribution is 2.33. The summed E-state index contributed by atoms with van der Waals surface area (Å²) in [5.41, 5.74) is 2.36. The Bertz CT molecular complexity index is 702. The third-order valence-corrected chi connectivity index (χ3v) is 3.68. The molecule has 2 aromatic carbocycles. The van der Waals surface area contributed by atoms with Crippen molar-refractivity contribution in [2.75, 3.05) is 12.0 Å². The summed E-state index contributed by atoms with van der Waals surface area (Å²) in [6, 6.07) is 9.85. The van der Waals surface area contributed by atoms with Gasteiger partial charge in [-0.15, -0.1) is 0 Å². The Morgan fingerprint density at radius 1 is 1.25 bits per heavy atom. The SMILES string of the molecule is COc1cc(N2Cc3ccc(F)cc3C2=N)ccc1Cl.